The van der Waals surface area contributed by atoms with Gasteiger partial charge in [0, 0.05) is 0 Å². The van der Waals surface area contributed by atoms with Crippen LogP contribution in [0.1, 0.15) is 120 Å². The molecule has 4 fully saturated rings. The maximum Gasteiger partial charge on any atom is 0.0594 e. The molecule has 176 valence electrons. The van der Waals surface area contributed by atoms with Gasteiger partial charge < -0.3 is 5.11 Å². The molecule has 0 amide bonds. The fraction of sp³-hybridized carbons (Fsp3) is 0.933. The Labute approximate surface area is 192 Å². The highest BCUT2D eigenvalue weighted by Gasteiger charge is 2.67. The minimum atomic E-state index is -0.125. The predicted octanol–water partition coefficient (Wildman–Crippen LogP) is 8.17. The number of hydrogen-bond acceptors (Lipinski definition) is 1. The van der Waals surface area contributed by atoms with E-state index in [1.54, 1.807) is 0 Å². The molecular weight excluding hydrogens is 376 g/mol. The maximum absolute atomic E-state index is 10.9. The summed E-state index contributed by atoms with van der Waals surface area (Å²) in [5, 5.41) is 10.9. The van der Waals surface area contributed by atoms with Crippen molar-refractivity contribution in [3.63, 3.8) is 0 Å². The summed E-state index contributed by atoms with van der Waals surface area (Å²) < 4.78 is 0. The van der Waals surface area contributed by atoms with Gasteiger partial charge in [-0.15, -0.1) is 0 Å². The van der Waals surface area contributed by atoms with Gasteiger partial charge in [-0.05, 0) is 114 Å². The van der Waals surface area contributed by atoms with E-state index in [-0.39, 0.29) is 11.5 Å². The van der Waals surface area contributed by atoms with Gasteiger partial charge in [-0.25, -0.2) is 0 Å². The summed E-state index contributed by atoms with van der Waals surface area (Å²) in [4.78, 5) is 0. The Hall–Kier alpha value is -0.300. The summed E-state index contributed by atoms with van der Waals surface area (Å²) >= 11 is 0. The molecule has 0 aromatic heterocycles. The number of aliphatic hydroxyl groups excluding tert-OH is 1. The second-order valence-corrected chi connectivity index (χ2v) is 15.2. The molecule has 5 rings (SSSR count). The zero-order valence-electron chi connectivity index (χ0n) is 21.9. The molecule has 0 bridgehead atoms. The van der Waals surface area contributed by atoms with Crippen LogP contribution in [0.2, 0.25) is 0 Å². The van der Waals surface area contributed by atoms with E-state index in [4.69, 9.17) is 0 Å². The number of allylic oxidation sites excluding steroid dienone is 2. The zero-order chi connectivity index (χ0) is 22.7. The van der Waals surface area contributed by atoms with Crippen LogP contribution in [-0.4, -0.2) is 11.2 Å². The van der Waals surface area contributed by atoms with Gasteiger partial charge in [0.1, 0.15) is 0 Å². The van der Waals surface area contributed by atoms with Gasteiger partial charge in [0.15, 0.2) is 0 Å². The fourth-order valence-electron chi connectivity index (χ4n) is 10.5. The van der Waals surface area contributed by atoms with Crippen LogP contribution in [0, 0.1) is 50.2 Å². The molecule has 5 aliphatic rings. The van der Waals surface area contributed by atoms with Crippen LogP contribution in [0.5, 0.6) is 0 Å². The van der Waals surface area contributed by atoms with E-state index >= 15 is 0 Å². The fourth-order valence-corrected chi connectivity index (χ4v) is 10.5. The highest BCUT2D eigenvalue weighted by atomic mass is 16.3. The summed E-state index contributed by atoms with van der Waals surface area (Å²) in [7, 11) is 0. The molecule has 0 saturated heterocycles. The lowest BCUT2D eigenvalue weighted by Crippen LogP contribution is -2.64. The predicted molar refractivity (Wildman–Crippen MR) is 131 cm³/mol. The number of rotatable bonds is 0. The summed E-state index contributed by atoms with van der Waals surface area (Å²) in [6.07, 6.45) is 15.9. The van der Waals surface area contributed by atoms with E-state index in [1.807, 2.05) is 5.57 Å². The van der Waals surface area contributed by atoms with Gasteiger partial charge in [0.25, 0.3) is 0 Å². The monoisotopic (exact) mass is 426 g/mol. The van der Waals surface area contributed by atoms with Crippen molar-refractivity contribution in [1.82, 2.24) is 0 Å². The smallest absolute Gasteiger partial charge is 0.0594 e. The molecule has 4 saturated carbocycles. The lowest BCUT2D eigenvalue weighted by Gasteiger charge is -2.71. The Kier molecular flexibility index (Phi) is 4.66. The maximum atomic E-state index is 10.9. The molecule has 5 aliphatic carbocycles. The molecule has 2 unspecified atom stereocenters. The average molecular weight is 427 g/mol. The largest absolute Gasteiger partial charge is 0.393 e. The van der Waals surface area contributed by atoms with E-state index in [2.05, 4.69) is 61.5 Å². The molecule has 1 nitrogen and oxygen atoms in total. The van der Waals surface area contributed by atoms with Gasteiger partial charge in [-0.1, -0.05) is 67.0 Å². The Bertz CT molecular complexity index is 790. The molecule has 1 heteroatoms. The van der Waals surface area contributed by atoms with Crippen LogP contribution in [0.25, 0.3) is 0 Å². The second kappa shape index (κ2) is 6.43. The molecule has 0 spiro atoms. The van der Waals surface area contributed by atoms with Crippen LogP contribution >= 0.6 is 0 Å². The van der Waals surface area contributed by atoms with Crippen molar-refractivity contribution >= 4 is 0 Å². The van der Waals surface area contributed by atoms with Crippen molar-refractivity contribution in [1.29, 1.82) is 0 Å². The minimum absolute atomic E-state index is 0.0533. The molecule has 1 N–H and O–H groups in total. The molecule has 0 radical (unpaired) electrons. The molecule has 0 aliphatic heterocycles. The van der Waals surface area contributed by atoms with Crippen LogP contribution in [0.3, 0.4) is 0 Å². The zero-order valence-corrected chi connectivity index (χ0v) is 21.9. The first-order valence-electron chi connectivity index (χ1n) is 13.6. The molecule has 0 heterocycles. The van der Waals surface area contributed by atoms with E-state index in [1.165, 1.54) is 57.8 Å². The van der Waals surface area contributed by atoms with Crippen LogP contribution in [0.15, 0.2) is 11.6 Å². The average Bonchev–Trinajstić information content (AvgIpc) is 2.67. The van der Waals surface area contributed by atoms with Gasteiger partial charge in [-0.3, -0.25) is 0 Å². The molecule has 8 atom stereocenters. The van der Waals surface area contributed by atoms with Crippen LogP contribution < -0.4 is 0 Å². The third-order valence-corrected chi connectivity index (χ3v) is 13.0. The molecule has 31 heavy (non-hydrogen) atoms. The number of fused-ring (bicyclic) bond motifs is 7. The van der Waals surface area contributed by atoms with E-state index in [0.29, 0.717) is 33.0 Å². The molecule has 0 aromatic rings. The Morgan fingerprint density at radius 1 is 0.774 bits per heavy atom. The minimum Gasteiger partial charge on any atom is -0.393 e. The van der Waals surface area contributed by atoms with Crippen LogP contribution in [-0.2, 0) is 0 Å². The number of aliphatic hydroxyl groups is 1. The van der Waals surface area contributed by atoms with E-state index in [9.17, 15) is 5.11 Å². The van der Waals surface area contributed by atoms with Crippen molar-refractivity contribution in [3.05, 3.63) is 11.6 Å². The Morgan fingerprint density at radius 3 is 2.16 bits per heavy atom. The van der Waals surface area contributed by atoms with Gasteiger partial charge in [-0.2, -0.15) is 0 Å². The highest BCUT2D eigenvalue weighted by molar-refractivity contribution is 5.33. The summed E-state index contributed by atoms with van der Waals surface area (Å²) in [5.41, 5.74) is 4.09. The summed E-state index contributed by atoms with van der Waals surface area (Å²) in [6.45, 7) is 20.4. The van der Waals surface area contributed by atoms with Gasteiger partial charge >= 0.3 is 0 Å². The third kappa shape index (κ3) is 2.77. The van der Waals surface area contributed by atoms with Crippen molar-refractivity contribution in [2.45, 2.75) is 126 Å². The normalized spacial score (nSPS) is 55.2. The first-order valence-corrected chi connectivity index (χ1v) is 13.6. The topological polar surface area (TPSA) is 20.2 Å². The first-order chi connectivity index (χ1) is 14.2. The second-order valence-electron chi connectivity index (χ2n) is 15.2. The SMILES string of the molecule is CC1(C)CC[C@]2(C)CC[C@]3(C)C(=CCC4[C@@]5(C)CC[C@H](O)C(C)(C)C5CC[C@]43C)[C@@H]2C1. The molecular formula is C30H50O. The van der Waals surface area contributed by atoms with Gasteiger partial charge in [0.05, 0.1) is 6.10 Å². The lowest BCUT2D eigenvalue weighted by atomic mass is 9.33. The van der Waals surface area contributed by atoms with Crippen molar-refractivity contribution in [3.8, 4) is 0 Å². The lowest BCUT2D eigenvalue weighted by molar-refractivity contribution is -0.202. The van der Waals surface area contributed by atoms with Crippen molar-refractivity contribution < 1.29 is 5.11 Å². The van der Waals surface area contributed by atoms with Gasteiger partial charge in [0.2, 0.25) is 0 Å². The number of hydrogen-bond donors (Lipinski definition) is 1. The highest BCUT2D eigenvalue weighted by Crippen LogP contribution is 2.75. The summed E-state index contributed by atoms with van der Waals surface area (Å²) in [5.74, 6) is 2.21. The molecule has 0 aromatic carbocycles. The van der Waals surface area contributed by atoms with E-state index < -0.39 is 0 Å². The first kappa shape index (κ1) is 22.5. The van der Waals surface area contributed by atoms with Crippen molar-refractivity contribution in [2.75, 3.05) is 0 Å². The van der Waals surface area contributed by atoms with Crippen LogP contribution in [0.4, 0.5) is 0 Å². The van der Waals surface area contributed by atoms with E-state index in [0.717, 1.165) is 18.3 Å². The standard InChI is InChI=1S/C30H50O/c1-25(2)15-16-27(5)17-18-29(7)20(21(27)19-25)9-10-23-28(6)13-12-24(31)26(3,4)22(28)11-14-30(23,29)8/h9,21-24,31H,10-19H2,1-8H3/t21-,22?,23?,24-,27+,28-,29+,30+/m0/s1. The van der Waals surface area contributed by atoms with Crippen molar-refractivity contribution in [2.24, 2.45) is 50.2 Å². The summed E-state index contributed by atoms with van der Waals surface area (Å²) in [6, 6.07) is 0. The third-order valence-electron chi connectivity index (χ3n) is 13.0. The Morgan fingerprint density at radius 2 is 1.45 bits per heavy atom. The quantitative estimate of drug-likeness (QED) is 0.387. The Balaban J connectivity index is 1.57.